The number of hydrogen-bond donors (Lipinski definition) is 0. The summed E-state index contributed by atoms with van der Waals surface area (Å²) < 4.78 is 0. The van der Waals surface area contributed by atoms with Gasteiger partial charge in [0.25, 0.3) is 11.8 Å². The summed E-state index contributed by atoms with van der Waals surface area (Å²) in [5.74, 6) is -0.539. The molecule has 0 N–H and O–H groups in total. The van der Waals surface area contributed by atoms with Gasteiger partial charge >= 0.3 is 0 Å². The number of nitrogens with zero attached hydrogens (tertiary/aromatic N) is 1. The van der Waals surface area contributed by atoms with E-state index in [2.05, 4.69) is 0 Å². The van der Waals surface area contributed by atoms with Gasteiger partial charge in [0.15, 0.2) is 0 Å². The summed E-state index contributed by atoms with van der Waals surface area (Å²) in [6, 6.07) is 21.4. The molecule has 4 rings (SSSR count). The predicted octanol–water partition coefficient (Wildman–Crippen LogP) is 6.00. The van der Waals surface area contributed by atoms with Crippen LogP contribution in [0.2, 0.25) is 0 Å². The molecule has 2 amide bonds. The van der Waals surface area contributed by atoms with Crippen LogP contribution >= 0.6 is 11.8 Å². The number of thioether (sulfide) groups is 1. The standard InChI is InChI=1S/C26H23NO2S/c1-16-10-13-22(19(4)14-16)27-25(28)23(20-12-11-17(2)18(3)15-20)24(26(27)29)30-21-8-6-5-7-9-21/h5-15H,1-4H3. The van der Waals surface area contributed by atoms with Gasteiger partial charge in [-0.3, -0.25) is 9.59 Å². The summed E-state index contributed by atoms with van der Waals surface area (Å²) in [7, 11) is 0. The average Bonchev–Trinajstić information content (AvgIpc) is 2.95. The van der Waals surface area contributed by atoms with Crippen molar-refractivity contribution in [3.8, 4) is 0 Å². The predicted molar refractivity (Wildman–Crippen MR) is 124 cm³/mol. The number of rotatable bonds is 4. The van der Waals surface area contributed by atoms with Crippen LogP contribution < -0.4 is 4.90 Å². The van der Waals surface area contributed by atoms with Crippen LogP contribution in [0.5, 0.6) is 0 Å². The third-order valence-electron chi connectivity index (χ3n) is 5.39. The van der Waals surface area contributed by atoms with E-state index < -0.39 is 0 Å². The molecule has 0 unspecified atom stereocenters. The second kappa shape index (κ2) is 7.96. The van der Waals surface area contributed by atoms with Crippen LogP contribution in [0, 0.1) is 27.7 Å². The third kappa shape index (κ3) is 3.59. The molecule has 0 aliphatic carbocycles. The first-order valence-corrected chi connectivity index (χ1v) is 10.7. The molecule has 0 fully saturated rings. The molecule has 3 nitrogen and oxygen atoms in total. The number of hydrogen-bond acceptors (Lipinski definition) is 3. The van der Waals surface area contributed by atoms with Crippen molar-refractivity contribution in [2.45, 2.75) is 32.6 Å². The first kappa shape index (κ1) is 20.2. The number of carbonyl (C=O) groups is 2. The molecule has 0 saturated carbocycles. The van der Waals surface area contributed by atoms with E-state index in [0.29, 0.717) is 16.2 Å². The Morgan fingerprint density at radius 1 is 0.700 bits per heavy atom. The topological polar surface area (TPSA) is 37.4 Å². The normalized spacial score (nSPS) is 14.1. The number of benzene rings is 3. The molecule has 0 bridgehead atoms. The maximum Gasteiger partial charge on any atom is 0.272 e. The number of aryl methyl sites for hydroxylation is 4. The summed E-state index contributed by atoms with van der Waals surface area (Å²) in [5, 5.41) is 0. The van der Waals surface area contributed by atoms with Crippen LogP contribution in [-0.2, 0) is 9.59 Å². The van der Waals surface area contributed by atoms with Crippen LogP contribution in [-0.4, -0.2) is 11.8 Å². The zero-order chi connectivity index (χ0) is 21.4. The number of imide groups is 1. The molecule has 0 saturated heterocycles. The van der Waals surface area contributed by atoms with Crippen LogP contribution in [0.3, 0.4) is 0 Å². The van der Waals surface area contributed by atoms with Gasteiger partial charge in [0.2, 0.25) is 0 Å². The molecule has 3 aromatic carbocycles. The number of amides is 2. The van der Waals surface area contributed by atoms with E-state index in [1.807, 2.05) is 94.4 Å². The van der Waals surface area contributed by atoms with Gasteiger partial charge in [-0.1, -0.05) is 65.9 Å². The van der Waals surface area contributed by atoms with Gasteiger partial charge in [0.05, 0.1) is 16.2 Å². The molecule has 0 aromatic heterocycles. The Kier molecular flexibility index (Phi) is 5.35. The fourth-order valence-electron chi connectivity index (χ4n) is 3.64. The second-order valence-corrected chi connectivity index (χ2v) is 8.74. The van der Waals surface area contributed by atoms with Crippen molar-refractivity contribution in [3.05, 3.63) is 99.5 Å². The van der Waals surface area contributed by atoms with E-state index >= 15 is 0 Å². The second-order valence-electron chi connectivity index (χ2n) is 7.65. The van der Waals surface area contributed by atoms with Crippen LogP contribution in [0.15, 0.2) is 76.5 Å². The molecule has 0 spiro atoms. The molecule has 0 atom stereocenters. The molecule has 0 radical (unpaired) electrons. The van der Waals surface area contributed by atoms with Crippen molar-refractivity contribution in [1.29, 1.82) is 0 Å². The first-order valence-electron chi connectivity index (χ1n) is 9.87. The molecule has 1 heterocycles. The van der Waals surface area contributed by atoms with Crippen molar-refractivity contribution in [2.75, 3.05) is 4.90 Å². The minimum atomic E-state index is -0.270. The van der Waals surface area contributed by atoms with Crippen molar-refractivity contribution < 1.29 is 9.59 Å². The monoisotopic (exact) mass is 413 g/mol. The van der Waals surface area contributed by atoms with E-state index in [9.17, 15) is 9.59 Å². The number of anilines is 1. The van der Waals surface area contributed by atoms with E-state index in [4.69, 9.17) is 0 Å². The fourth-order valence-corrected chi connectivity index (χ4v) is 4.65. The molecule has 4 heteroatoms. The molecular weight excluding hydrogens is 390 g/mol. The Balaban J connectivity index is 1.86. The summed E-state index contributed by atoms with van der Waals surface area (Å²) in [4.78, 5) is 29.8. The van der Waals surface area contributed by atoms with Crippen LogP contribution in [0.1, 0.15) is 27.8 Å². The van der Waals surface area contributed by atoms with Crippen molar-refractivity contribution in [2.24, 2.45) is 0 Å². The molecule has 1 aliphatic heterocycles. The largest absolute Gasteiger partial charge is 0.272 e. The third-order valence-corrected chi connectivity index (χ3v) is 6.48. The first-order chi connectivity index (χ1) is 14.4. The molecular formula is C26H23NO2S. The van der Waals surface area contributed by atoms with E-state index in [1.54, 1.807) is 0 Å². The summed E-state index contributed by atoms with van der Waals surface area (Å²) in [6.07, 6.45) is 0. The Morgan fingerprint density at radius 3 is 2.10 bits per heavy atom. The van der Waals surface area contributed by atoms with Gasteiger partial charge < -0.3 is 0 Å². The van der Waals surface area contributed by atoms with Gasteiger partial charge in [0, 0.05) is 4.90 Å². The lowest BCUT2D eigenvalue weighted by molar-refractivity contribution is -0.119. The quantitative estimate of drug-likeness (QED) is 0.493. The van der Waals surface area contributed by atoms with Gasteiger partial charge in [0.1, 0.15) is 0 Å². The maximum atomic E-state index is 13.6. The molecule has 30 heavy (non-hydrogen) atoms. The van der Waals surface area contributed by atoms with Crippen LogP contribution in [0.25, 0.3) is 5.57 Å². The Bertz CT molecular complexity index is 1190. The maximum absolute atomic E-state index is 13.6. The molecule has 1 aliphatic rings. The van der Waals surface area contributed by atoms with Gasteiger partial charge in [-0.2, -0.15) is 0 Å². The highest BCUT2D eigenvalue weighted by Crippen LogP contribution is 2.42. The summed E-state index contributed by atoms with van der Waals surface area (Å²) in [6.45, 7) is 7.99. The molecule has 3 aromatic rings. The minimum Gasteiger partial charge on any atom is -0.268 e. The van der Waals surface area contributed by atoms with Gasteiger partial charge in [-0.25, -0.2) is 4.90 Å². The van der Waals surface area contributed by atoms with Crippen molar-refractivity contribution in [1.82, 2.24) is 0 Å². The Hall–Kier alpha value is -3.11. The minimum absolute atomic E-state index is 0.269. The van der Waals surface area contributed by atoms with E-state index in [-0.39, 0.29) is 11.8 Å². The highest BCUT2D eigenvalue weighted by Gasteiger charge is 2.41. The lowest BCUT2D eigenvalue weighted by atomic mass is 10.0. The zero-order valence-corrected chi connectivity index (χ0v) is 18.3. The lowest BCUT2D eigenvalue weighted by Gasteiger charge is -2.18. The number of carbonyl (C=O) groups excluding carboxylic acids is 2. The summed E-state index contributed by atoms with van der Waals surface area (Å²) >= 11 is 1.35. The summed E-state index contributed by atoms with van der Waals surface area (Å²) in [5.41, 5.74) is 6.13. The van der Waals surface area contributed by atoms with Crippen molar-refractivity contribution in [3.63, 3.8) is 0 Å². The zero-order valence-electron chi connectivity index (χ0n) is 17.5. The van der Waals surface area contributed by atoms with Crippen LogP contribution in [0.4, 0.5) is 5.69 Å². The lowest BCUT2D eigenvalue weighted by Crippen LogP contribution is -2.32. The molecule has 150 valence electrons. The van der Waals surface area contributed by atoms with Gasteiger partial charge in [-0.15, -0.1) is 0 Å². The Morgan fingerprint density at radius 2 is 1.43 bits per heavy atom. The van der Waals surface area contributed by atoms with E-state index in [1.165, 1.54) is 16.7 Å². The van der Waals surface area contributed by atoms with E-state index in [0.717, 1.165) is 32.7 Å². The van der Waals surface area contributed by atoms with Crippen molar-refractivity contribution >= 4 is 34.8 Å². The smallest absolute Gasteiger partial charge is 0.268 e. The van der Waals surface area contributed by atoms with Gasteiger partial charge in [-0.05, 0) is 68.1 Å². The SMILES string of the molecule is Cc1ccc(N2C(=O)C(Sc3ccccc3)=C(c3ccc(C)c(C)c3)C2=O)c(C)c1. The highest BCUT2D eigenvalue weighted by molar-refractivity contribution is 8.04. The Labute approximate surface area is 181 Å². The highest BCUT2D eigenvalue weighted by atomic mass is 32.2. The fraction of sp³-hybridized carbons (Fsp3) is 0.154. The average molecular weight is 414 g/mol.